The molecule has 0 radical (unpaired) electrons. The summed E-state index contributed by atoms with van der Waals surface area (Å²) >= 11 is 1.41. The fourth-order valence-corrected chi connectivity index (χ4v) is 2.83. The van der Waals surface area contributed by atoms with Crippen LogP contribution in [0, 0.1) is 5.92 Å². The Morgan fingerprint density at radius 2 is 2.12 bits per heavy atom. The van der Waals surface area contributed by atoms with Crippen LogP contribution in [0.3, 0.4) is 0 Å². The van der Waals surface area contributed by atoms with Gasteiger partial charge in [-0.2, -0.15) is 0 Å². The van der Waals surface area contributed by atoms with Crippen LogP contribution in [0.4, 0.5) is 5.00 Å². The van der Waals surface area contributed by atoms with Crippen molar-refractivity contribution in [1.82, 2.24) is 9.59 Å². The minimum atomic E-state index is 0.419. The predicted molar refractivity (Wildman–Crippen MR) is 70.3 cm³/mol. The summed E-state index contributed by atoms with van der Waals surface area (Å²) in [6, 6.07) is 0. The Morgan fingerprint density at radius 3 is 2.82 bits per heavy atom. The van der Waals surface area contributed by atoms with Crippen molar-refractivity contribution < 1.29 is 4.74 Å². The van der Waals surface area contributed by atoms with E-state index in [4.69, 9.17) is 4.74 Å². The van der Waals surface area contributed by atoms with Crippen molar-refractivity contribution in [1.29, 1.82) is 0 Å². The Balaban J connectivity index is 1.79. The zero-order chi connectivity index (χ0) is 12.1. The van der Waals surface area contributed by atoms with Crippen molar-refractivity contribution in [3.8, 4) is 0 Å². The van der Waals surface area contributed by atoms with Gasteiger partial charge in [0.25, 0.3) is 0 Å². The molecule has 5 heteroatoms. The first kappa shape index (κ1) is 12.8. The highest BCUT2D eigenvalue weighted by molar-refractivity contribution is 7.10. The van der Waals surface area contributed by atoms with Gasteiger partial charge >= 0.3 is 0 Å². The van der Waals surface area contributed by atoms with Crippen LogP contribution in [-0.4, -0.2) is 22.2 Å². The molecule has 0 amide bonds. The quantitative estimate of drug-likeness (QED) is 0.878. The van der Waals surface area contributed by atoms with Gasteiger partial charge in [-0.15, -0.1) is 5.10 Å². The zero-order valence-electron chi connectivity index (χ0n) is 10.6. The number of nitrogens with one attached hydrogen (secondary N) is 1. The number of anilines is 1. The van der Waals surface area contributed by atoms with Crippen LogP contribution < -0.4 is 5.32 Å². The number of nitrogens with zero attached hydrogens (tertiary/aromatic N) is 2. The third-order valence-corrected chi connectivity index (χ3v) is 4.04. The number of hydrogen-bond acceptors (Lipinski definition) is 5. The Hall–Kier alpha value is -0.680. The monoisotopic (exact) mass is 255 g/mol. The molecule has 1 saturated carbocycles. The van der Waals surface area contributed by atoms with E-state index in [0.29, 0.717) is 12.7 Å². The van der Waals surface area contributed by atoms with E-state index in [1.54, 1.807) is 0 Å². The summed E-state index contributed by atoms with van der Waals surface area (Å²) in [7, 11) is 0. The molecule has 1 N–H and O–H groups in total. The van der Waals surface area contributed by atoms with Crippen LogP contribution in [0.1, 0.15) is 45.2 Å². The Labute approximate surface area is 107 Å². The van der Waals surface area contributed by atoms with Gasteiger partial charge in [0.2, 0.25) is 0 Å². The SMILES string of the molecule is CCNc1snnc1COC1CCC(C)CC1. The lowest BCUT2D eigenvalue weighted by Crippen LogP contribution is -2.20. The number of aromatic nitrogens is 2. The molecule has 4 nitrogen and oxygen atoms in total. The molecule has 1 heterocycles. The lowest BCUT2D eigenvalue weighted by molar-refractivity contribution is 0.00751. The molecular formula is C12H21N3OS. The molecule has 0 bridgehead atoms. The average Bonchev–Trinajstić information content (AvgIpc) is 2.77. The third kappa shape index (κ3) is 3.64. The molecule has 0 aliphatic heterocycles. The Morgan fingerprint density at radius 1 is 1.35 bits per heavy atom. The molecule has 0 spiro atoms. The van der Waals surface area contributed by atoms with Gasteiger partial charge in [0, 0.05) is 18.1 Å². The molecule has 1 aromatic heterocycles. The molecule has 1 aliphatic rings. The molecule has 0 unspecified atom stereocenters. The topological polar surface area (TPSA) is 47.0 Å². The molecule has 0 atom stereocenters. The normalized spacial score (nSPS) is 24.8. The highest BCUT2D eigenvalue weighted by Gasteiger charge is 2.19. The van der Waals surface area contributed by atoms with Gasteiger partial charge in [0.05, 0.1) is 12.7 Å². The second kappa shape index (κ2) is 6.31. The first-order valence-corrected chi connectivity index (χ1v) is 7.23. The standard InChI is InChI=1S/C12H21N3OS/c1-3-13-12-11(14-15-17-12)8-16-10-6-4-9(2)5-7-10/h9-10,13H,3-8H2,1-2H3. The van der Waals surface area contributed by atoms with Crippen molar-refractivity contribution in [2.24, 2.45) is 5.92 Å². The number of ether oxygens (including phenoxy) is 1. The first-order chi connectivity index (χ1) is 8.29. The van der Waals surface area contributed by atoms with Gasteiger partial charge in [0.1, 0.15) is 10.7 Å². The molecule has 0 saturated heterocycles. The maximum atomic E-state index is 5.93. The van der Waals surface area contributed by atoms with E-state index < -0.39 is 0 Å². The summed E-state index contributed by atoms with van der Waals surface area (Å²) in [6.45, 7) is 5.90. The average molecular weight is 255 g/mol. The lowest BCUT2D eigenvalue weighted by Gasteiger charge is -2.26. The lowest BCUT2D eigenvalue weighted by atomic mass is 9.89. The van der Waals surface area contributed by atoms with Gasteiger partial charge < -0.3 is 10.1 Å². The number of hydrogen-bond donors (Lipinski definition) is 1. The summed E-state index contributed by atoms with van der Waals surface area (Å²) in [5.74, 6) is 0.869. The summed E-state index contributed by atoms with van der Waals surface area (Å²) in [5.41, 5.74) is 0.954. The van der Waals surface area contributed by atoms with Crippen molar-refractivity contribution in [2.75, 3.05) is 11.9 Å². The van der Waals surface area contributed by atoms with E-state index in [-0.39, 0.29) is 0 Å². The molecule has 1 aliphatic carbocycles. The van der Waals surface area contributed by atoms with E-state index in [9.17, 15) is 0 Å². The minimum Gasteiger partial charge on any atom is -0.374 e. The van der Waals surface area contributed by atoms with Crippen molar-refractivity contribution in [3.63, 3.8) is 0 Å². The third-order valence-electron chi connectivity index (χ3n) is 3.31. The second-order valence-electron chi connectivity index (χ2n) is 4.77. The molecule has 2 rings (SSSR count). The van der Waals surface area contributed by atoms with Gasteiger partial charge in [-0.25, -0.2) is 0 Å². The zero-order valence-corrected chi connectivity index (χ0v) is 11.4. The largest absolute Gasteiger partial charge is 0.374 e. The van der Waals surface area contributed by atoms with Gasteiger partial charge in [0.15, 0.2) is 0 Å². The van der Waals surface area contributed by atoms with Gasteiger partial charge in [-0.3, -0.25) is 0 Å². The van der Waals surface area contributed by atoms with Crippen LogP contribution in [0.25, 0.3) is 0 Å². The van der Waals surface area contributed by atoms with Crippen molar-refractivity contribution in [3.05, 3.63) is 5.69 Å². The Kier molecular flexibility index (Phi) is 4.74. The Bertz CT molecular complexity index is 334. The van der Waals surface area contributed by atoms with Crippen LogP contribution >= 0.6 is 11.5 Å². The fraction of sp³-hybridized carbons (Fsp3) is 0.833. The first-order valence-electron chi connectivity index (χ1n) is 6.46. The second-order valence-corrected chi connectivity index (χ2v) is 5.53. The van der Waals surface area contributed by atoms with Crippen LogP contribution in [0.15, 0.2) is 0 Å². The maximum Gasteiger partial charge on any atom is 0.135 e. The fourth-order valence-electron chi connectivity index (χ4n) is 2.19. The van der Waals surface area contributed by atoms with E-state index in [2.05, 4.69) is 28.8 Å². The van der Waals surface area contributed by atoms with Crippen LogP contribution in [0.5, 0.6) is 0 Å². The molecule has 17 heavy (non-hydrogen) atoms. The summed E-state index contributed by atoms with van der Waals surface area (Å²) in [4.78, 5) is 0. The van der Waals surface area contributed by atoms with Crippen molar-refractivity contribution in [2.45, 2.75) is 52.2 Å². The summed E-state index contributed by atoms with van der Waals surface area (Å²) in [6.07, 6.45) is 5.38. The molecule has 1 fully saturated rings. The van der Waals surface area contributed by atoms with Gasteiger partial charge in [-0.1, -0.05) is 11.4 Å². The molecular weight excluding hydrogens is 234 g/mol. The van der Waals surface area contributed by atoms with Gasteiger partial charge in [-0.05, 0) is 38.5 Å². The van der Waals surface area contributed by atoms with E-state index >= 15 is 0 Å². The minimum absolute atomic E-state index is 0.419. The molecule has 0 aromatic carbocycles. The van der Waals surface area contributed by atoms with Crippen LogP contribution in [0.2, 0.25) is 0 Å². The highest BCUT2D eigenvalue weighted by Crippen LogP contribution is 2.27. The molecule has 96 valence electrons. The predicted octanol–water partition coefficient (Wildman–Crippen LogP) is 3.07. The van der Waals surface area contributed by atoms with E-state index in [1.807, 2.05) is 0 Å². The molecule has 1 aromatic rings. The van der Waals surface area contributed by atoms with E-state index in [0.717, 1.165) is 23.2 Å². The smallest absolute Gasteiger partial charge is 0.135 e. The number of rotatable bonds is 5. The maximum absolute atomic E-state index is 5.93. The summed E-state index contributed by atoms with van der Waals surface area (Å²) in [5, 5.41) is 8.43. The highest BCUT2D eigenvalue weighted by atomic mass is 32.1. The van der Waals surface area contributed by atoms with E-state index in [1.165, 1.54) is 37.2 Å². The van der Waals surface area contributed by atoms with Crippen LogP contribution in [-0.2, 0) is 11.3 Å². The summed E-state index contributed by atoms with van der Waals surface area (Å²) < 4.78 is 9.89. The van der Waals surface area contributed by atoms with Crippen molar-refractivity contribution >= 4 is 16.5 Å².